The number of ether oxygens (including phenoxy) is 2. The molecule has 1 N–H and O–H groups in total. The van der Waals surface area contributed by atoms with Crippen molar-refractivity contribution in [1.82, 2.24) is 5.32 Å². The summed E-state index contributed by atoms with van der Waals surface area (Å²) in [6.07, 6.45) is 1.13. The predicted octanol–water partition coefficient (Wildman–Crippen LogP) is 1.29. The van der Waals surface area contributed by atoms with E-state index in [0.717, 1.165) is 32.7 Å². The smallest absolute Gasteiger partial charge is 0.0587 e. The van der Waals surface area contributed by atoms with Gasteiger partial charge in [0.15, 0.2) is 0 Å². The Morgan fingerprint density at radius 2 is 1.77 bits per heavy atom. The molecule has 0 atom stereocenters. The number of hydrogen-bond donors (Lipinski definition) is 1. The Hall–Kier alpha value is -0.120. The maximum Gasteiger partial charge on any atom is 0.0587 e. The van der Waals surface area contributed by atoms with Crippen molar-refractivity contribution in [3.05, 3.63) is 0 Å². The van der Waals surface area contributed by atoms with Crippen LogP contribution in [0.3, 0.4) is 0 Å². The summed E-state index contributed by atoms with van der Waals surface area (Å²) >= 11 is 0. The van der Waals surface area contributed by atoms with E-state index in [-0.39, 0.29) is 5.41 Å². The van der Waals surface area contributed by atoms with E-state index < -0.39 is 0 Å². The second-order valence-electron chi connectivity index (χ2n) is 4.09. The summed E-state index contributed by atoms with van der Waals surface area (Å²) in [5.41, 5.74) is 0.273. The minimum atomic E-state index is 0.273. The molecule has 0 fully saturated rings. The third kappa shape index (κ3) is 8.22. The van der Waals surface area contributed by atoms with Gasteiger partial charge in [-0.25, -0.2) is 0 Å². The summed E-state index contributed by atoms with van der Waals surface area (Å²) < 4.78 is 10.1. The van der Waals surface area contributed by atoms with Crippen LogP contribution in [0.25, 0.3) is 0 Å². The van der Waals surface area contributed by atoms with Gasteiger partial charge in [0.2, 0.25) is 0 Å². The Morgan fingerprint density at radius 1 is 1.08 bits per heavy atom. The van der Waals surface area contributed by atoms with E-state index in [0.29, 0.717) is 0 Å². The van der Waals surface area contributed by atoms with Crippen molar-refractivity contribution in [2.75, 3.05) is 40.5 Å². The molecule has 0 aromatic rings. The van der Waals surface area contributed by atoms with Gasteiger partial charge in [-0.1, -0.05) is 13.8 Å². The van der Waals surface area contributed by atoms with Crippen molar-refractivity contribution < 1.29 is 9.47 Å². The second kappa shape index (κ2) is 7.30. The van der Waals surface area contributed by atoms with Crippen LogP contribution in [-0.2, 0) is 9.47 Å². The van der Waals surface area contributed by atoms with E-state index in [1.54, 1.807) is 14.2 Å². The zero-order chi connectivity index (χ0) is 10.2. The zero-order valence-corrected chi connectivity index (χ0v) is 9.35. The highest BCUT2D eigenvalue weighted by Gasteiger charge is 2.16. The van der Waals surface area contributed by atoms with Crippen LogP contribution in [0.5, 0.6) is 0 Å². The fraction of sp³-hybridized carbons (Fsp3) is 1.00. The fourth-order valence-corrected chi connectivity index (χ4v) is 1.19. The minimum absolute atomic E-state index is 0.273. The molecule has 0 radical (unpaired) electrons. The van der Waals surface area contributed by atoms with Crippen LogP contribution in [0, 0.1) is 5.41 Å². The van der Waals surface area contributed by atoms with Gasteiger partial charge in [0, 0.05) is 20.8 Å². The average Bonchev–Trinajstić information content (AvgIpc) is 2.04. The third-order valence-corrected chi connectivity index (χ3v) is 2.00. The summed E-state index contributed by atoms with van der Waals surface area (Å²) in [7, 11) is 3.47. The maximum atomic E-state index is 5.13. The molecular weight excluding hydrogens is 166 g/mol. The van der Waals surface area contributed by atoms with Crippen LogP contribution < -0.4 is 5.32 Å². The minimum Gasteiger partial charge on any atom is -0.384 e. The second-order valence-corrected chi connectivity index (χ2v) is 4.09. The first kappa shape index (κ1) is 12.9. The molecule has 0 aromatic carbocycles. The summed E-state index contributed by atoms with van der Waals surface area (Å²) in [5, 5.41) is 3.32. The number of methoxy groups -OCH3 is 2. The molecule has 13 heavy (non-hydrogen) atoms. The Balaban J connectivity index is 3.29. The van der Waals surface area contributed by atoms with Crippen LogP contribution in [0.15, 0.2) is 0 Å². The van der Waals surface area contributed by atoms with Gasteiger partial charge in [-0.15, -0.1) is 0 Å². The first-order valence-electron chi connectivity index (χ1n) is 4.81. The van der Waals surface area contributed by atoms with Gasteiger partial charge >= 0.3 is 0 Å². The number of nitrogens with one attached hydrogen (secondary N) is 1. The van der Waals surface area contributed by atoms with E-state index >= 15 is 0 Å². The lowest BCUT2D eigenvalue weighted by Gasteiger charge is -2.23. The Labute approximate surface area is 81.8 Å². The maximum absolute atomic E-state index is 5.13. The molecule has 0 aromatic heterocycles. The topological polar surface area (TPSA) is 30.5 Å². The van der Waals surface area contributed by atoms with Gasteiger partial charge in [0.25, 0.3) is 0 Å². The molecule has 0 unspecified atom stereocenters. The quantitative estimate of drug-likeness (QED) is 0.584. The first-order chi connectivity index (χ1) is 6.12. The Morgan fingerprint density at radius 3 is 2.31 bits per heavy atom. The van der Waals surface area contributed by atoms with Crippen LogP contribution in [0.4, 0.5) is 0 Å². The number of hydrogen-bond acceptors (Lipinski definition) is 3. The van der Waals surface area contributed by atoms with Gasteiger partial charge in [-0.2, -0.15) is 0 Å². The molecule has 0 amide bonds. The molecule has 0 saturated carbocycles. The van der Waals surface area contributed by atoms with Crippen LogP contribution in [0.2, 0.25) is 0 Å². The van der Waals surface area contributed by atoms with Crippen LogP contribution in [-0.4, -0.2) is 40.5 Å². The molecule has 0 rings (SSSR count). The van der Waals surface area contributed by atoms with E-state index in [1.165, 1.54) is 0 Å². The highest BCUT2D eigenvalue weighted by molar-refractivity contribution is 4.68. The molecule has 0 aliphatic heterocycles. The van der Waals surface area contributed by atoms with Gasteiger partial charge in [-0.05, 0) is 18.4 Å². The molecule has 3 heteroatoms. The molecule has 0 heterocycles. The summed E-state index contributed by atoms with van der Waals surface area (Å²) in [6, 6.07) is 0. The number of rotatable bonds is 8. The zero-order valence-electron chi connectivity index (χ0n) is 9.35. The van der Waals surface area contributed by atoms with Crippen molar-refractivity contribution in [3.8, 4) is 0 Å². The molecule has 0 aliphatic rings. The molecule has 80 valence electrons. The van der Waals surface area contributed by atoms with Crippen molar-refractivity contribution >= 4 is 0 Å². The summed E-state index contributed by atoms with van der Waals surface area (Å²) in [4.78, 5) is 0. The van der Waals surface area contributed by atoms with Crippen molar-refractivity contribution in [2.24, 2.45) is 5.41 Å². The normalized spacial score (nSPS) is 12.0. The van der Waals surface area contributed by atoms with Gasteiger partial charge in [0.05, 0.1) is 13.2 Å². The Bertz CT molecular complexity index is 115. The first-order valence-corrected chi connectivity index (χ1v) is 4.81. The molecule has 0 spiro atoms. The summed E-state index contributed by atoms with van der Waals surface area (Å²) in [5.74, 6) is 0. The SMILES string of the molecule is COCCNCCC(C)(C)COC. The fourth-order valence-electron chi connectivity index (χ4n) is 1.19. The van der Waals surface area contributed by atoms with E-state index in [9.17, 15) is 0 Å². The lowest BCUT2D eigenvalue weighted by molar-refractivity contribution is 0.0976. The molecule has 0 aliphatic carbocycles. The van der Waals surface area contributed by atoms with E-state index in [2.05, 4.69) is 19.2 Å². The van der Waals surface area contributed by atoms with Gasteiger partial charge < -0.3 is 14.8 Å². The monoisotopic (exact) mass is 189 g/mol. The Kier molecular flexibility index (Phi) is 7.23. The van der Waals surface area contributed by atoms with Crippen molar-refractivity contribution in [3.63, 3.8) is 0 Å². The van der Waals surface area contributed by atoms with Gasteiger partial charge in [-0.3, -0.25) is 0 Å². The molecule has 3 nitrogen and oxygen atoms in total. The molecule has 0 bridgehead atoms. The van der Waals surface area contributed by atoms with Crippen LogP contribution in [0.1, 0.15) is 20.3 Å². The van der Waals surface area contributed by atoms with E-state index in [4.69, 9.17) is 9.47 Å². The summed E-state index contributed by atoms with van der Waals surface area (Å²) in [6.45, 7) is 7.99. The molecule has 0 saturated heterocycles. The molecular formula is C10H23NO2. The lowest BCUT2D eigenvalue weighted by Crippen LogP contribution is -2.27. The van der Waals surface area contributed by atoms with Crippen molar-refractivity contribution in [2.45, 2.75) is 20.3 Å². The van der Waals surface area contributed by atoms with Crippen molar-refractivity contribution in [1.29, 1.82) is 0 Å². The third-order valence-electron chi connectivity index (χ3n) is 2.00. The standard InChI is InChI=1S/C10H23NO2/c1-10(2,9-13-4)5-6-11-7-8-12-3/h11H,5-9H2,1-4H3. The predicted molar refractivity (Wildman–Crippen MR) is 55.0 cm³/mol. The largest absolute Gasteiger partial charge is 0.384 e. The average molecular weight is 189 g/mol. The van der Waals surface area contributed by atoms with Gasteiger partial charge in [0.1, 0.15) is 0 Å². The van der Waals surface area contributed by atoms with E-state index in [1.807, 2.05) is 0 Å². The highest BCUT2D eigenvalue weighted by Crippen LogP contribution is 2.19. The van der Waals surface area contributed by atoms with Crippen LogP contribution >= 0.6 is 0 Å². The lowest BCUT2D eigenvalue weighted by atomic mass is 9.90. The highest BCUT2D eigenvalue weighted by atomic mass is 16.5.